The molecule has 0 fully saturated rings. The van der Waals surface area contributed by atoms with Crippen LogP contribution in [0.2, 0.25) is 5.28 Å². The second kappa shape index (κ2) is 5.67. The fourth-order valence-corrected chi connectivity index (χ4v) is 3.39. The molecule has 128 valence electrons. The highest BCUT2D eigenvalue weighted by molar-refractivity contribution is 7.13. The third-order valence-electron chi connectivity index (χ3n) is 3.80. The van der Waals surface area contributed by atoms with Gasteiger partial charge in [0.1, 0.15) is 0 Å². The van der Waals surface area contributed by atoms with E-state index in [1.807, 2.05) is 17.5 Å². The summed E-state index contributed by atoms with van der Waals surface area (Å²) in [5, 5.41) is 5.89. The SMILES string of the molecule is Cn1c(=O)c2c(nc(Cl)n2Cc2noc(-c3cccs3)n2)n(C)c1=O. The molecule has 0 amide bonds. The molecule has 4 aromatic rings. The monoisotopic (exact) mass is 378 g/mol. The molecule has 0 bridgehead atoms. The van der Waals surface area contributed by atoms with Gasteiger partial charge in [0.15, 0.2) is 17.0 Å². The van der Waals surface area contributed by atoms with Gasteiger partial charge in [-0.2, -0.15) is 9.97 Å². The van der Waals surface area contributed by atoms with Crippen LogP contribution in [0.5, 0.6) is 0 Å². The Morgan fingerprint density at radius 2 is 2.04 bits per heavy atom. The van der Waals surface area contributed by atoms with E-state index in [-0.39, 0.29) is 23.0 Å². The lowest BCUT2D eigenvalue weighted by atomic mass is 10.4. The van der Waals surface area contributed by atoms with Gasteiger partial charge in [-0.25, -0.2) is 4.79 Å². The van der Waals surface area contributed by atoms with Crippen molar-refractivity contribution in [2.24, 2.45) is 14.1 Å². The second-order valence-corrected chi connectivity index (χ2v) is 6.62. The zero-order valence-corrected chi connectivity index (χ0v) is 14.7. The molecule has 0 atom stereocenters. The predicted molar refractivity (Wildman–Crippen MR) is 91.9 cm³/mol. The van der Waals surface area contributed by atoms with Crippen LogP contribution in [0.4, 0.5) is 0 Å². The van der Waals surface area contributed by atoms with Crippen molar-refractivity contribution in [1.29, 1.82) is 0 Å². The van der Waals surface area contributed by atoms with Gasteiger partial charge in [-0.05, 0) is 23.0 Å². The average Bonchev–Trinajstić information content (AvgIpc) is 3.32. The Kier molecular flexibility index (Phi) is 3.58. The first-order valence-corrected chi connectivity index (χ1v) is 8.41. The molecule has 25 heavy (non-hydrogen) atoms. The number of aromatic nitrogens is 6. The van der Waals surface area contributed by atoms with Crippen molar-refractivity contribution in [2.75, 3.05) is 0 Å². The van der Waals surface area contributed by atoms with E-state index in [1.165, 1.54) is 34.6 Å². The largest absolute Gasteiger partial charge is 0.333 e. The van der Waals surface area contributed by atoms with Crippen molar-refractivity contribution in [2.45, 2.75) is 6.54 Å². The number of fused-ring (bicyclic) bond motifs is 1. The normalized spacial score (nSPS) is 11.5. The van der Waals surface area contributed by atoms with E-state index in [9.17, 15) is 9.59 Å². The van der Waals surface area contributed by atoms with Gasteiger partial charge in [0.05, 0.1) is 11.4 Å². The minimum absolute atomic E-state index is 0.0655. The highest BCUT2D eigenvalue weighted by Crippen LogP contribution is 2.23. The third-order valence-corrected chi connectivity index (χ3v) is 4.95. The number of imidazole rings is 1. The molecule has 4 heterocycles. The zero-order chi connectivity index (χ0) is 17.7. The highest BCUT2D eigenvalue weighted by Gasteiger charge is 2.20. The molecule has 0 N–H and O–H groups in total. The standard InChI is InChI=1S/C14H11ClN6O3S/c1-19-10-9(12(22)20(2)14(19)23)21(13(15)17-10)6-8-16-11(24-18-8)7-4-3-5-25-7/h3-5H,6H2,1-2H3. The van der Waals surface area contributed by atoms with Gasteiger partial charge >= 0.3 is 5.69 Å². The average molecular weight is 379 g/mol. The van der Waals surface area contributed by atoms with Gasteiger partial charge in [-0.3, -0.25) is 13.9 Å². The van der Waals surface area contributed by atoms with E-state index < -0.39 is 11.2 Å². The van der Waals surface area contributed by atoms with Crippen molar-refractivity contribution in [3.8, 4) is 10.8 Å². The van der Waals surface area contributed by atoms with Crippen LogP contribution >= 0.6 is 22.9 Å². The Morgan fingerprint density at radius 3 is 2.76 bits per heavy atom. The van der Waals surface area contributed by atoms with Crippen molar-refractivity contribution in [1.82, 2.24) is 28.8 Å². The lowest BCUT2D eigenvalue weighted by Crippen LogP contribution is -2.37. The maximum Gasteiger partial charge on any atom is 0.332 e. The first-order chi connectivity index (χ1) is 12.0. The fraction of sp³-hybridized carbons (Fsp3) is 0.214. The van der Waals surface area contributed by atoms with Crippen LogP contribution in [0.15, 0.2) is 31.6 Å². The van der Waals surface area contributed by atoms with Gasteiger partial charge in [0.25, 0.3) is 11.4 Å². The van der Waals surface area contributed by atoms with Gasteiger partial charge in [0, 0.05) is 14.1 Å². The first kappa shape index (κ1) is 15.8. The molecule has 0 aliphatic rings. The van der Waals surface area contributed by atoms with Crippen LogP contribution in [0.1, 0.15) is 5.82 Å². The second-order valence-electron chi connectivity index (χ2n) is 5.34. The van der Waals surface area contributed by atoms with Crippen molar-refractivity contribution < 1.29 is 4.52 Å². The van der Waals surface area contributed by atoms with Crippen LogP contribution in [0.25, 0.3) is 21.9 Å². The van der Waals surface area contributed by atoms with E-state index in [4.69, 9.17) is 16.1 Å². The minimum Gasteiger partial charge on any atom is -0.333 e. The van der Waals surface area contributed by atoms with Gasteiger partial charge in [-0.1, -0.05) is 11.2 Å². The summed E-state index contributed by atoms with van der Waals surface area (Å²) in [6.45, 7) is 0.0949. The Morgan fingerprint density at radius 1 is 1.24 bits per heavy atom. The summed E-state index contributed by atoms with van der Waals surface area (Å²) >= 11 is 7.65. The molecule has 0 aliphatic heterocycles. The van der Waals surface area contributed by atoms with Crippen molar-refractivity contribution >= 4 is 34.1 Å². The quantitative estimate of drug-likeness (QED) is 0.497. The number of hydrogen-bond donors (Lipinski definition) is 0. The molecular formula is C14H11ClN6O3S. The number of thiophene rings is 1. The Hall–Kier alpha value is -2.72. The summed E-state index contributed by atoms with van der Waals surface area (Å²) < 4.78 is 8.97. The Balaban J connectivity index is 1.84. The molecule has 9 nitrogen and oxygen atoms in total. The summed E-state index contributed by atoms with van der Waals surface area (Å²) in [5.74, 6) is 0.742. The van der Waals surface area contributed by atoms with Crippen LogP contribution < -0.4 is 11.2 Å². The summed E-state index contributed by atoms with van der Waals surface area (Å²) in [4.78, 5) is 33.8. The number of halogens is 1. The minimum atomic E-state index is -0.487. The van der Waals surface area contributed by atoms with E-state index >= 15 is 0 Å². The molecule has 0 spiro atoms. The van der Waals surface area contributed by atoms with Crippen molar-refractivity contribution in [3.05, 3.63) is 49.5 Å². The van der Waals surface area contributed by atoms with E-state index in [2.05, 4.69) is 15.1 Å². The van der Waals surface area contributed by atoms with Crippen LogP contribution in [-0.4, -0.2) is 28.8 Å². The molecule has 0 unspecified atom stereocenters. The van der Waals surface area contributed by atoms with E-state index in [1.54, 1.807) is 0 Å². The maximum absolute atomic E-state index is 12.5. The zero-order valence-electron chi connectivity index (χ0n) is 13.1. The van der Waals surface area contributed by atoms with Gasteiger partial charge in [-0.15, -0.1) is 11.3 Å². The maximum atomic E-state index is 12.5. The number of hydrogen-bond acceptors (Lipinski definition) is 7. The first-order valence-electron chi connectivity index (χ1n) is 7.15. The molecule has 0 radical (unpaired) electrons. The van der Waals surface area contributed by atoms with Gasteiger partial charge in [0.2, 0.25) is 5.28 Å². The molecule has 4 rings (SSSR count). The molecule has 0 aliphatic carbocycles. The molecule has 0 saturated heterocycles. The molecule has 4 aromatic heterocycles. The molecule has 0 saturated carbocycles. The Bertz CT molecular complexity index is 1200. The number of rotatable bonds is 3. The van der Waals surface area contributed by atoms with Crippen LogP contribution in [0, 0.1) is 0 Å². The van der Waals surface area contributed by atoms with Crippen molar-refractivity contribution in [3.63, 3.8) is 0 Å². The lowest BCUT2D eigenvalue weighted by Gasteiger charge is -2.05. The molecule has 11 heteroatoms. The lowest BCUT2D eigenvalue weighted by molar-refractivity contribution is 0.421. The summed E-state index contributed by atoms with van der Waals surface area (Å²) in [5.41, 5.74) is -0.546. The number of aryl methyl sites for hydroxylation is 1. The predicted octanol–water partition coefficient (Wildman–Crippen LogP) is 1.25. The smallest absolute Gasteiger partial charge is 0.332 e. The van der Waals surface area contributed by atoms with E-state index in [0.29, 0.717) is 11.7 Å². The third kappa shape index (κ3) is 2.41. The van der Waals surface area contributed by atoms with Crippen LogP contribution in [-0.2, 0) is 20.6 Å². The Labute approximate surface area is 148 Å². The molecular weight excluding hydrogens is 368 g/mol. The summed E-state index contributed by atoms with van der Waals surface area (Å²) in [6.07, 6.45) is 0. The fourth-order valence-electron chi connectivity index (χ4n) is 2.52. The van der Waals surface area contributed by atoms with Crippen LogP contribution in [0.3, 0.4) is 0 Å². The van der Waals surface area contributed by atoms with Gasteiger partial charge < -0.3 is 9.09 Å². The summed E-state index contributed by atoms with van der Waals surface area (Å²) in [6, 6.07) is 3.75. The highest BCUT2D eigenvalue weighted by atomic mass is 35.5. The number of nitrogens with zero attached hydrogens (tertiary/aromatic N) is 6. The topological polar surface area (TPSA) is 101 Å². The van der Waals surface area contributed by atoms with E-state index in [0.717, 1.165) is 9.44 Å². The molecule has 0 aromatic carbocycles. The summed E-state index contributed by atoms with van der Waals surface area (Å²) in [7, 11) is 2.93.